The number of hydrogen-bond donors (Lipinski definition) is 3. The second-order valence-corrected chi connectivity index (χ2v) is 4.64. The van der Waals surface area contributed by atoms with Crippen molar-refractivity contribution in [2.75, 3.05) is 5.32 Å². The second-order valence-electron chi connectivity index (χ2n) is 4.26. The van der Waals surface area contributed by atoms with Crippen molar-refractivity contribution >= 4 is 28.9 Å². The number of nitrogens with one attached hydrogen (secondary N) is 2. The minimum absolute atomic E-state index is 0.259. The quantitative estimate of drug-likeness (QED) is 0.505. The summed E-state index contributed by atoms with van der Waals surface area (Å²) in [4.78, 5) is 3.17. The van der Waals surface area contributed by atoms with Crippen LogP contribution in [0.25, 0.3) is 11.0 Å². The predicted octanol–water partition coefficient (Wildman–Crippen LogP) is 3.47. The molecular weight excluding hydrogens is 258 g/mol. The first-order valence-corrected chi connectivity index (χ1v) is 6.35. The molecule has 0 saturated carbocycles. The smallest absolute Gasteiger partial charge is 0.179 e. The van der Waals surface area contributed by atoms with E-state index < -0.39 is 0 Å². The van der Waals surface area contributed by atoms with Crippen molar-refractivity contribution in [3.8, 4) is 5.75 Å². The molecule has 0 bridgehead atoms. The van der Waals surface area contributed by atoms with E-state index in [-0.39, 0.29) is 5.75 Å². The molecular formula is C14H13N3OS. The number of para-hydroxylation sites is 2. The summed E-state index contributed by atoms with van der Waals surface area (Å²) in [6.45, 7) is 0.577. The molecule has 0 aliphatic rings. The molecule has 5 heteroatoms. The van der Waals surface area contributed by atoms with Gasteiger partial charge in [-0.2, -0.15) is 0 Å². The SMILES string of the molecule is Oc1ccc(NCn2c(=S)[nH]c3ccccc32)cc1. The number of phenolic OH excluding ortho intramolecular Hbond substituents is 1. The molecule has 0 aliphatic heterocycles. The van der Waals surface area contributed by atoms with E-state index in [0.717, 1.165) is 16.7 Å². The number of aromatic hydroxyl groups is 1. The van der Waals surface area contributed by atoms with Crippen LogP contribution in [0.2, 0.25) is 0 Å². The molecule has 0 atom stereocenters. The molecule has 2 aromatic carbocycles. The molecule has 0 unspecified atom stereocenters. The van der Waals surface area contributed by atoms with Gasteiger partial charge in [0.05, 0.1) is 17.7 Å². The van der Waals surface area contributed by atoms with Gasteiger partial charge < -0.3 is 15.4 Å². The van der Waals surface area contributed by atoms with Crippen LogP contribution in [0.1, 0.15) is 0 Å². The number of H-pyrrole nitrogens is 1. The Kier molecular flexibility index (Phi) is 2.97. The molecule has 3 rings (SSSR count). The zero-order chi connectivity index (χ0) is 13.2. The van der Waals surface area contributed by atoms with E-state index >= 15 is 0 Å². The molecule has 1 heterocycles. The Morgan fingerprint density at radius 3 is 2.63 bits per heavy atom. The standard InChI is InChI=1S/C14H13N3OS/c18-11-7-5-10(6-8-11)15-9-17-13-4-2-1-3-12(13)16-14(17)19/h1-8,15,18H,9H2,(H,16,19). The molecule has 0 radical (unpaired) electrons. The van der Waals surface area contributed by atoms with Crippen LogP contribution in [0.5, 0.6) is 5.75 Å². The summed E-state index contributed by atoms with van der Waals surface area (Å²) < 4.78 is 2.69. The van der Waals surface area contributed by atoms with Crippen LogP contribution in [0.3, 0.4) is 0 Å². The van der Waals surface area contributed by atoms with Gasteiger partial charge in [-0.1, -0.05) is 12.1 Å². The number of nitrogens with zero attached hydrogens (tertiary/aromatic N) is 1. The number of imidazole rings is 1. The maximum atomic E-state index is 9.24. The van der Waals surface area contributed by atoms with E-state index in [1.807, 2.05) is 41.0 Å². The largest absolute Gasteiger partial charge is 0.508 e. The van der Waals surface area contributed by atoms with Crippen LogP contribution in [0.4, 0.5) is 5.69 Å². The summed E-state index contributed by atoms with van der Waals surface area (Å²) in [5.74, 6) is 0.259. The molecule has 3 aromatic rings. The van der Waals surface area contributed by atoms with Crippen molar-refractivity contribution < 1.29 is 5.11 Å². The van der Waals surface area contributed by atoms with E-state index in [1.54, 1.807) is 12.1 Å². The average Bonchev–Trinajstić information content (AvgIpc) is 2.74. The third kappa shape index (κ3) is 2.32. The monoisotopic (exact) mass is 271 g/mol. The first-order chi connectivity index (χ1) is 9.24. The molecule has 0 aliphatic carbocycles. The molecule has 3 N–H and O–H groups in total. The maximum Gasteiger partial charge on any atom is 0.179 e. The zero-order valence-corrected chi connectivity index (χ0v) is 10.9. The van der Waals surface area contributed by atoms with Crippen molar-refractivity contribution in [2.24, 2.45) is 0 Å². The number of benzene rings is 2. The van der Waals surface area contributed by atoms with Gasteiger partial charge in [-0.3, -0.25) is 4.57 Å². The van der Waals surface area contributed by atoms with Gasteiger partial charge in [0.25, 0.3) is 0 Å². The normalized spacial score (nSPS) is 10.7. The maximum absolute atomic E-state index is 9.24. The summed E-state index contributed by atoms with van der Waals surface area (Å²) in [5.41, 5.74) is 3.03. The first-order valence-electron chi connectivity index (χ1n) is 5.94. The Labute approximate surface area is 115 Å². The lowest BCUT2D eigenvalue weighted by Crippen LogP contribution is -2.07. The van der Waals surface area contributed by atoms with Crippen molar-refractivity contribution in [1.29, 1.82) is 0 Å². The molecule has 0 saturated heterocycles. The molecule has 4 nitrogen and oxygen atoms in total. The Hall–Kier alpha value is -2.27. The van der Waals surface area contributed by atoms with E-state index in [1.165, 1.54) is 0 Å². The minimum atomic E-state index is 0.259. The van der Waals surface area contributed by atoms with E-state index in [0.29, 0.717) is 11.4 Å². The minimum Gasteiger partial charge on any atom is -0.508 e. The van der Waals surface area contributed by atoms with Crippen LogP contribution in [0, 0.1) is 4.77 Å². The molecule has 96 valence electrons. The van der Waals surface area contributed by atoms with Gasteiger partial charge in [-0.15, -0.1) is 0 Å². The Bertz CT molecular complexity index is 758. The van der Waals surface area contributed by atoms with Crippen molar-refractivity contribution in [1.82, 2.24) is 9.55 Å². The molecule has 19 heavy (non-hydrogen) atoms. The highest BCUT2D eigenvalue weighted by Crippen LogP contribution is 2.16. The Morgan fingerprint density at radius 2 is 1.84 bits per heavy atom. The van der Waals surface area contributed by atoms with Crippen LogP contribution < -0.4 is 5.32 Å². The highest BCUT2D eigenvalue weighted by atomic mass is 32.1. The highest BCUT2D eigenvalue weighted by Gasteiger charge is 2.02. The second kappa shape index (κ2) is 4.78. The average molecular weight is 271 g/mol. The lowest BCUT2D eigenvalue weighted by molar-refractivity contribution is 0.475. The van der Waals surface area contributed by atoms with E-state index in [4.69, 9.17) is 12.2 Å². The van der Waals surface area contributed by atoms with Gasteiger partial charge in [0.15, 0.2) is 4.77 Å². The summed E-state index contributed by atoms with van der Waals surface area (Å²) in [6.07, 6.45) is 0. The number of fused-ring (bicyclic) bond motifs is 1. The molecule has 1 aromatic heterocycles. The zero-order valence-electron chi connectivity index (χ0n) is 10.1. The summed E-state index contributed by atoms with van der Waals surface area (Å²) >= 11 is 5.32. The lowest BCUT2D eigenvalue weighted by Gasteiger charge is -2.08. The van der Waals surface area contributed by atoms with Crippen molar-refractivity contribution in [2.45, 2.75) is 6.67 Å². The van der Waals surface area contributed by atoms with Gasteiger partial charge in [0.1, 0.15) is 5.75 Å². The summed E-state index contributed by atoms with van der Waals surface area (Å²) in [5, 5.41) is 12.5. The fraction of sp³-hybridized carbons (Fsp3) is 0.0714. The summed E-state index contributed by atoms with van der Waals surface area (Å²) in [6, 6.07) is 14.9. The molecule has 0 fully saturated rings. The van der Waals surface area contributed by atoms with E-state index in [9.17, 15) is 5.11 Å². The Morgan fingerprint density at radius 1 is 1.11 bits per heavy atom. The van der Waals surface area contributed by atoms with Crippen LogP contribution in [-0.2, 0) is 6.67 Å². The number of phenols is 1. The number of rotatable bonds is 3. The van der Waals surface area contributed by atoms with Crippen LogP contribution >= 0.6 is 12.2 Å². The van der Waals surface area contributed by atoms with Crippen LogP contribution in [0.15, 0.2) is 48.5 Å². The van der Waals surface area contributed by atoms with Gasteiger partial charge in [0, 0.05) is 5.69 Å². The summed E-state index contributed by atoms with van der Waals surface area (Å²) in [7, 11) is 0. The number of aromatic amines is 1. The van der Waals surface area contributed by atoms with Crippen molar-refractivity contribution in [3.05, 3.63) is 53.3 Å². The fourth-order valence-electron chi connectivity index (χ4n) is 2.01. The molecule has 0 amide bonds. The van der Waals surface area contributed by atoms with Gasteiger partial charge in [-0.05, 0) is 48.6 Å². The van der Waals surface area contributed by atoms with Gasteiger partial charge >= 0.3 is 0 Å². The highest BCUT2D eigenvalue weighted by molar-refractivity contribution is 7.71. The lowest BCUT2D eigenvalue weighted by atomic mass is 10.3. The third-order valence-corrected chi connectivity index (χ3v) is 3.31. The van der Waals surface area contributed by atoms with Crippen molar-refractivity contribution in [3.63, 3.8) is 0 Å². The number of hydrogen-bond acceptors (Lipinski definition) is 3. The fourth-order valence-corrected chi connectivity index (χ4v) is 2.29. The molecule has 0 spiro atoms. The number of anilines is 1. The van der Waals surface area contributed by atoms with Gasteiger partial charge in [0.2, 0.25) is 0 Å². The third-order valence-electron chi connectivity index (χ3n) is 2.99. The predicted molar refractivity (Wildman–Crippen MR) is 78.9 cm³/mol. The number of aromatic nitrogens is 2. The van der Waals surface area contributed by atoms with Crippen LogP contribution in [-0.4, -0.2) is 14.7 Å². The van der Waals surface area contributed by atoms with Gasteiger partial charge in [-0.25, -0.2) is 0 Å². The first kappa shape index (κ1) is 11.8. The topological polar surface area (TPSA) is 53.0 Å². The van der Waals surface area contributed by atoms with E-state index in [2.05, 4.69) is 10.3 Å². The Balaban J connectivity index is 1.87.